The Hall–Kier alpha value is -0.910. The van der Waals surface area contributed by atoms with Crippen LogP contribution in [0.3, 0.4) is 0 Å². The molecule has 2 saturated carbocycles. The van der Waals surface area contributed by atoms with Crippen molar-refractivity contribution in [2.24, 2.45) is 13.0 Å². The summed E-state index contributed by atoms with van der Waals surface area (Å²) in [4.78, 5) is 2.59. The van der Waals surface area contributed by atoms with Crippen molar-refractivity contribution in [2.45, 2.75) is 62.8 Å². The smallest absolute Gasteiger partial charge is 0.0847 e. The highest BCUT2D eigenvalue weighted by molar-refractivity contribution is 5.10. The van der Waals surface area contributed by atoms with Crippen molar-refractivity contribution in [1.29, 1.82) is 0 Å². The number of fused-ring (bicyclic) bond motifs is 1. The molecule has 0 aromatic carbocycles. The van der Waals surface area contributed by atoms with E-state index in [0.29, 0.717) is 12.1 Å². The van der Waals surface area contributed by atoms with Gasteiger partial charge in [-0.15, -0.1) is 0 Å². The summed E-state index contributed by atoms with van der Waals surface area (Å²) >= 11 is 0. The number of aromatic nitrogens is 2. The molecule has 2 heterocycles. The van der Waals surface area contributed by atoms with Crippen molar-refractivity contribution in [3.8, 4) is 0 Å². The minimum absolute atomic E-state index is 0.0433. The summed E-state index contributed by atoms with van der Waals surface area (Å²) in [6, 6.07) is 0.477. The highest BCUT2D eigenvalue weighted by Gasteiger charge is 2.51. The molecule has 0 bridgehead atoms. The predicted octanol–water partition coefficient (Wildman–Crippen LogP) is 2.36. The van der Waals surface area contributed by atoms with Crippen molar-refractivity contribution in [2.75, 3.05) is 20.3 Å². The van der Waals surface area contributed by atoms with Crippen LogP contribution < -0.4 is 0 Å². The summed E-state index contributed by atoms with van der Waals surface area (Å²) < 4.78 is 14.1. The summed E-state index contributed by atoms with van der Waals surface area (Å²) in [5.74, 6) is 0.846. The van der Waals surface area contributed by atoms with Crippen molar-refractivity contribution < 1.29 is 9.47 Å². The van der Waals surface area contributed by atoms with Crippen molar-refractivity contribution >= 4 is 0 Å². The Bertz CT molecular complexity index is 542. The Kier molecular flexibility index (Phi) is 4.20. The van der Waals surface area contributed by atoms with Crippen molar-refractivity contribution in [3.05, 3.63) is 18.0 Å². The second-order valence-electron chi connectivity index (χ2n) is 7.70. The molecule has 5 heteroatoms. The first-order valence-corrected chi connectivity index (χ1v) is 9.07. The fourth-order valence-electron chi connectivity index (χ4n) is 4.44. The third-order valence-corrected chi connectivity index (χ3v) is 6.06. The molecule has 1 saturated heterocycles. The van der Waals surface area contributed by atoms with Gasteiger partial charge >= 0.3 is 0 Å². The third-order valence-electron chi connectivity index (χ3n) is 6.06. The summed E-state index contributed by atoms with van der Waals surface area (Å²) in [5.41, 5.74) is 1.34. The Balaban J connectivity index is 1.43. The SMILES string of the molecule is CO[C@@]12CC[C@@H](OCC3CC3)C[C@@H]1N(Cc1cnn(C)c1)CC2. The van der Waals surface area contributed by atoms with Gasteiger partial charge in [0.15, 0.2) is 0 Å². The molecule has 3 fully saturated rings. The first-order valence-electron chi connectivity index (χ1n) is 9.07. The number of hydrogen-bond donors (Lipinski definition) is 0. The van der Waals surface area contributed by atoms with Crippen LogP contribution in [0.2, 0.25) is 0 Å². The lowest BCUT2D eigenvalue weighted by Gasteiger charge is -2.43. The molecule has 1 aromatic heterocycles. The minimum atomic E-state index is 0.0433. The van der Waals surface area contributed by atoms with Crippen LogP contribution in [0.1, 0.15) is 44.1 Å². The summed E-state index contributed by atoms with van der Waals surface area (Å²) in [6.45, 7) is 3.06. The van der Waals surface area contributed by atoms with Gasteiger partial charge in [-0.2, -0.15) is 5.10 Å². The van der Waals surface area contributed by atoms with E-state index in [1.807, 2.05) is 25.0 Å². The number of likely N-dealkylation sites (tertiary alicyclic amines) is 1. The zero-order chi connectivity index (χ0) is 15.9. The zero-order valence-electron chi connectivity index (χ0n) is 14.4. The maximum Gasteiger partial charge on any atom is 0.0847 e. The van der Waals surface area contributed by atoms with Gasteiger partial charge < -0.3 is 9.47 Å². The first kappa shape index (κ1) is 15.6. The first-order chi connectivity index (χ1) is 11.2. The average molecular weight is 319 g/mol. The summed E-state index contributed by atoms with van der Waals surface area (Å²) in [6.07, 6.45) is 11.8. The number of aryl methyl sites for hydroxylation is 1. The molecule has 1 aromatic rings. The molecule has 0 N–H and O–H groups in total. The van der Waals surface area contributed by atoms with Gasteiger partial charge in [0.2, 0.25) is 0 Å². The molecule has 0 unspecified atom stereocenters. The van der Waals surface area contributed by atoms with Crippen LogP contribution in [-0.2, 0) is 23.1 Å². The number of rotatable bonds is 6. The van der Waals surface area contributed by atoms with Crippen LogP contribution in [0.15, 0.2) is 12.4 Å². The summed E-state index contributed by atoms with van der Waals surface area (Å²) in [7, 11) is 3.88. The molecule has 3 aliphatic rings. The number of hydrogen-bond acceptors (Lipinski definition) is 4. The molecular formula is C18H29N3O2. The van der Waals surface area contributed by atoms with Gasteiger partial charge in [0.1, 0.15) is 0 Å². The lowest BCUT2D eigenvalue weighted by molar-refractivity contribution is -0.103. The predicted molar refractivity (Wildman–Crippen MR) is 88.1 cm³/mol. The molecule has 23 heavy (non-hydrogen) atoms. The molecule has 0 spiro atoms. The normalized spacial score (nSPS) is 34.7. The molecule has 5 nitrogen and oxygen atoms in total. The van der Waals surface area contributed by atoms with Gasteiger partial charge in [0.25, 0.3) is 0 Å². The van der Waals surface area contributed by atoms with Crippen molar-refractivity contribution in [3.63, 3.8) is 0 Å². The number of methoxy groups -OCH3 is 1. The molecule has 1 aliphatic heterocycles. The van der Waals surface area contributed by atoms with Gasteiger partial charge in [0.05, 0.1) is 17.9 Å². The van der Waals surface area contributed by atoms with Gasteiger partial charge in [-0.05, 0) is 44.4 Å². The van der Waals surface area contributed by atoms with Crippen LogP contribution in [0, 0.1) is 5.92 Å². The second kappa shape index (κ2) is 6.19. The molecule has 128 valence electrons. The minimum Gasteiger partial charge on any atom is -0.378 e. The van der Waals surface area contributed by atoms with E-state index in [-0.39, 0.29) is 5.60 Å². The Morgan fingerprint density at radius 3 is 2.87 bits per heavy atom. The van der Waals surface area contributed by atoms with Gasteiger partial charge in [-0.25, -0.2) is 0 Å². The van der Waals surface area contributed by atoms with E-state index >= 15 is 0 Å². The highest BCUT2D eigenvalue weighted by Crippen LogP contribution is 2.44. The molecule has 3 atom stereocenters. The lowest BCUT2D eigenvalue weighted by atomic mass is 9.79. The third kappa shape index (κ3) is 3.19. The van der Waals surface area contributed by atoms with Crippen LogP contribution in [0.4, 0.5) is 0 Å². The van der Waals surface area contributed by atoms with E-state index in [1.165, 1.54) is 18.4 Å². The largest absolute Gasteiger partial charge is 0.378 e. The lowest BCUT2D eigenvalue weighted by Crippen LogP contribution is -2.51. The number of nitrogens with zero attached hydrogens (tertiary/aromatic N) is 3. The fraction of sp³-hybridized carbons (Fsp3) is 0.833. The van der Waals surface area contributed by atoms with Crippen LogP contribution in [0.25, 0.3) is 0 Å². The van der Waals surface area contributed by atoms with E-state index in [0.717, 1.165) is 51.3 Å². The van der Waals surface area contributed by atoms with Crippen molar-refractivity contribution in [1.82, 2.24) is 14.7 Å². The second-order valence-corrected chi connectivity index (χ2v) is 7.70. The van der Waals surface area contributed by atoms with Gasteiger partial charge in [0, 0.05) is 51.7 Å². The standard InChI is InChI=1S/C18H29N3O2/c1-20-11-15(10-19-20)12-21-8-7-18(22-2)6-5-16(9-17(18)21)23-13-14-3-4-14/h10-11,14,16-17H,3-9,12-13H2,1-2H3/t16-,17+,18-/m1/s1. The van der Waals surface area contributed by atoms with Crippen LogP contribution in [-0.4, -0.2) is 52.7 Å². The van der Waals surface area contributed by atoms with E-state index in [2.05, 4.69) is 16.2 Å². The molecule has 2 aliphatic carbocycles. The number of ether oxygens (including phenoxy) is 2. The van der Waals surface area contributed by atoms with E-state index in [4.69, 9.17) is 9.47 Å². The molecule has 4 rings (SSSR count). The Morgan fingerprint density at radius 1 is 1.30 bits per heavy atom. The van der Waals surface area contributed by atoms with Gasteiger partial charge in [-0.1, -0.05) is 0 Å². The summed E-state index contributed by atoms with van der Waals surface area (Å²) in [5, 5.41) is 4.30. The zero-order valence-corrected chi connectivity index (χ0v) is 14.4. The molecule has 0 amide bonds. The van der Waals surface area contributed by atoms with E-state index in [1.54, 1.807) is 0 Å². The van der Waals surface area contributed by atoms with E-state index in [9.17, 15) is 0 Å². The molecular weight excluding hydrogens is 290 g/mol. The highest BCUT2D eigenvalue weighted by atomic mass is 16.5. The van der Waals surface area contributed by atoms with E-state index < -0.39 is 0 Å². The Labute approximate surface area is 138 Å². The van der Waals surface area contributed by atoms with Crippen LogP contribution in [0.5, 0.6) is 0 Å². The average Bonchev–Trinajstić information content (AvgIpc) is 3.21. The van der Waals surface area contributed by atoms with Gasteiger partial charge in [-0.3, -0.25) is 9.58 Å². The quantitative estimate of drug-likeness (QED) is 0.807. The topological polar surface area (TPSA) is 39.5 Å². The molecule has 0 radical (unpaired) electrons. The maximum atomic E-state index is 6.21. The fourth-order valence-corrected chi connectivity index (χ4v) is 4.44. The monoisotopic (exact) mass is 319 g/mol. The van der Waals surface area contributed by atoms with Crippen LogP contribution >= 0.6 is 0 Å². The maximum absolute atomic E-state index is 6.21. The Morgan fingerprint density at radius 2 is 2.17 bits per heavy atom.